The number of nitrogens with one attached hydrogen (secondary N) is 2. The molecule has 1 heterocycles. The fraction of sp³-hybridized carbons (Fsp3) is 0.800. The van der Waals surface area contributed by atoms with E-state index in [0.29, 0.717) is 0 Å². The van der Waals surface area contributed by atoms with Gasteiger partial charge in [-0.3, -0.25) is 4.90 Å². The number of nitrogens with zero attached hydrogens (tertiary/aromatic N) is 1. The predicted octanol–water partition coefficient (Wildman–Crippen LogP) is 1.34. The van der Waals surface area contributed by atoms with Gasteiger partial charge in [0.25, 0.3) is 0 Å². The van der Waals surface area contributed by atoms with Gasteiger partial charge in [0.2, 0.25) is 0 Å². The van der Waals surface area contributed by atoms with Crippen LogP contribution in [0.15, 0.2) is 12.7 Å². The summed E-state index contributed by atoms with van der Waals surface area (Å²) >= 11 is 0. The van der Waals surface area contributed by atoms with E-state index in [1.807, 2.05) is 26.8 Å². The molecule has 2 amide bonds. The fourth-order valence-electron chi connectivity index (χ4n) is 2.17. The quantitative estimate of drug-likeness (QED) is 0.667. The second-order valence-corrected chi connectivity index (χ2v) is 6.60. The van der Waals surface area contributed by atoms with Crippen LogP contribution in [0.1, 0.15) is 33.6 Å². The zero-order valence-electron chi connectivity index (χ0n) is 13.0. The number of rotatable bonds is 5. The van der Waals surface area contributed by atoms with E-state index in [2.05, 4.69) is 22.1 Å². The maximum atomic E-state index is 11.8. The summed E-state index contributed by atoms with van der Waals surface area (Å²) < 4.78 is 0. The highest BCUT2D eigenvalue weighted by Crippen LogP contribution is 2.18. The lowest BCUT2D eigenvalue weighted by Gasteiger charge is -2.32. The number of hydrogen-bond acceptors (Lipinski definition) is 3. The summed E-state index contributed by atoms with van der Waals surface area (Å²) in [6.07, 6.45) is 3.29. The third kappa shape index (κ3) is 5.92. The van der Waals surface area contributed by atoms with E-state index in [0.717, 1.165) is 32.5 Å². The van der Waals surface area contributed by atoms with E-state index in [1.165, 1.54) is 0 Å². The van der Waals surface area contributed by atoms with Crippen LogP contribution in [-0.4, -0.2) is 54.4 Å². The molecule has 0 spiro atoms. The molecule has 5 heteroatoms. The van der Waals surface area contributed by atoms with E-state index in [-0.39, 0.29) is 24.0 Å². The van der Waals surface area contributed by atoms with E-state index in [1.54, 1.807) is 0 Å². The van der Waals surface area contributed by atoms with Gasteiger partial charge in [0.1, 0.15) is 0 Å². The van der Waals surface area contributed by atoms with Gasteiger partial charge in [-0.05, 0) is 18.3 Å². The largest absolute Gasteiger partial charge is 0.391 e. The van der Waals surface area contributed by atoms with Crippen molar-refractivity contribution in [2.75, 3.05) is 26.2 Å². The molecule has 20 heavy (non-hydrogen) atoms. The zero-order valence-corrected chi connectivity index (χ0v) is 13.0. The maximum Gasteiger partial charge on any atom is 0.315 e. The highest BCUT2D eigenvalue weighted by molar-refractivity contribution is 5.74. The van der Waals surface area contributed by atoms with Gasteiger partial charge in [0.15, 0.2) is 0 Å². The van der Waals surface area contributed by atoms with Crippen molar-refractivity contribution in [2.45, 2.75) is 45.8 Å². The van der Waals surface area contributed by atoms with E-state index in [9.17, 15) is 9.90 Å². The molecule has 1 fully saturated rings. The Balaban J connectivity index is 2.22. The second kappa shape index (κ2) is 7.64. The number of piperidine rings is 1. The Bertz CT molecular complexity index is 318. The molecule has 0 aromatic heterocycles. The number of carbonyl (C=O) groups is 1. The van der Waals surface area contributed by atoms with Crippen molar-refractivity contribution in [3.05, 3.63) is 12.7 Å². The first-order chi connectivity index (χ1) is 9.32. The van der Waals surface area contributed by atoms with Crippen LogP contribution in [-0.2, 0) is 0 Å². The summed E-state index contributed by atoms with van der Waals surface area (Å²) in [4.78, 5) is 14.1. The standard InChI is InChI=1S/C15H29N3O2/c1-5-8-18-9-6-12(7-10-18)17-14(20)16-11-13(19)15(2,3)4/h5,12-13,19H,1,6-11H2,2-4H3,(H2,16,17,20). The molecular weight excluding hydrogens is 254 g/mol. The lowest BCUT2D eigenvalue weighted by Crippen LogP contribution is -2.50. The molecule has 0 aromatic carbocycles. The fourth-order valence-corrected chi connectivity index (χ4v) is 2.17. The molecule has 5 nitrogen and oxygen atoms in total. The molecule has 3 N–H and O–H groups in total. The Hall–Kier alpha value is -1.07. The molecule has 0 saturated carbocycles. The molecule has 1 rings (SSSR count). The average molecular weight is 283 g/mol. The van der Waals surface area contributed by atoms with Gasteiger partial charge in [0, 0.05) is 32.2 Å². The molecular formula is C15H29N3O2. The molecule has 1 saturated heterocycles. The van der Waals surface area contributed by atoms with Crippen molar-refractivity contribution in [1.82, 2.24) is 15.5 Å². The van der Waals surface area contributed by atoms with Gasteiger partial charge in [0.05, 0.1) is 6.10 Å². The van der Waals surface area contributed by atoms with Crippen LogP contribution in [0.5, 0.6) is 0 Å². The first kappa shape index (κ1) is 17.0. The topological polar surface area (TPSA) is 64.6 Å². The maximum absolute atomic E-state index is 11.8. The zero-order chi connectivity index (χ0) is 15.2. The van der Waals surface area contributed by atoms with Crippen molar-refractivity contribution in [1.29, 1.82) is 0 Å². The molecule has 0 radical (unpaired) electrons. The minimum Gasteiger partial charge on any atom is -0.391 e. The summed E-state index contributed by atoms with van der Waals surface area (Å²) in [6, 6.07) is 0.0401. The van der Waals surface area contributed by atoms with Crippen LogP contribution in [0.25, 0.3) is 0 Å². The van der Waals surface area contributed by atoms with Crippen molar-refractivity contribution >= 4 is 6.03 Å². The van der Waals surface area contributed by atoms with Crippen LogP contribution in [0, 0.1) is 5.41 Å². The van der Waals surface area contributed by atoms with E-state index >= 15 is 0 Å². The van der Waals surface area contributed by atoms with Gasteiger partial charge < -0.3 is 15.7 Å². The van der Waals surface area contributed by atoms with Crippen molar-refractivity contribution in [2.24, 2.45) is 5.41 Å². The smallest absolute Gasteiger partial charge is 0.315 e. The monoisotopic (exact) mass is 283 g/mol. The summed E-state index contributed by atoms with van der Waals surface area (Å²) in [7, 11) is 0. The first-order valence-electron chi connectivity index (χ1n) is 7.38. The van der Waals surface area contributed by atoms with E-state index < -0.39 is 6.10 Å². The van der Waals surface area contributed by atoms with E-state index in [4.69, 9.17) is 0 Å². The third-order valence-electron chi connectivity index (χ3n) is 3.77. The number of likely N-dealkylation sites (tertiary alicyclic amines) is 1. The molecule has 0 aliphatic carbocycles. The first-order valence-corrected chi connectivity index (χ1v) is 7.38. The minimum absolute atomic E-state index is 0.185. The Labute approximate surface area is 122 Å². The second-order valence-electron chi connectivity index (χ2n) is 6.60. The molecule has 1 aliphatic rings. The van der Waals surface area contributed by atoms with Crippen LogP contribution >= 0.6 is 0 Å². The number of carbonyl (C=O) groups excluding carboxylic acids is 1. The molecule has 0 aromatic rings. The number of hydrogen-bond donors (Lipinski definition) is 3. The summed E-state index contributed by atoms with van der Waals surface area (Å²) in [5.41, 5.74) is -0.219. The lowest BCUT2D eigenvalue weighted by molar-refractivity contribution is 0.0647. The SMILES string of the molecule is C=CCN1CCC(NC(=O)NCC(O)C(C)(C)C)CC1. The van der Waals surface area contributed by atoms with Crippen molar-refractivity contribution in [3.63, 3.8) is 0 Å². The molecule has 0 bridgehead atoms. The van der Waals surface area contributed by atoms with Gasteiger partial charge in [-0.1, -0.05) is 26.8 Å². The Kier molecular flexibility index (Phi) is 6.49. The Morgan fingerprint density at radius 3 is 2.55 bits per heavy atom. The van der Waals surface area contributed by atoms with Crippen molar-refractivity contribution < 1.29 is 9.90 Å². The van der Waals surface area contributed by atoms with Gasteiger partial charge in [-0.25, -0.2) is 4.79 Å². The van der Waals surface area contributed by atoms with Crippen LogP contribution in [0.4, 0.5) is 4.79 Å². The number of aliphatic hydroxyl groups is 1. The Morgan fingerprint density at radius 2 is 2.05 bits per heavy atom. The number of urea groups is 1. The average Bonchev–Trinajstić information content (AvgIpc) is 2.37. The van der Waals surface area contributed by atoms with Gasteiger partial charge >= 0.3 is 6.03 Å². The van der Waals surface area contributed by atoms with Gasteiger partial charge in [-0.15, -0.1) is 6.58 Å². The van der Waals surface area contributed by atoms with Crippen LogP contribution in [0.3, 0.4) is 0 Å². The Morgan fingerprint density at radius 1 is 1.45 bits per heavy atom. The minimum atomic E-state index is -0.539. The highest BCUT2D eigenvalue weighted by Gasteiger charge is 2.23. The summed E-state index contributed by atoms with van der Waals surface area (Å²) in [5.74, 6) is 0. The third-order valence-corrected chi connectivity index (χ3v) is 3.77. The normalized spacial score (nSPS) is 19.4. The molecule has 1 atom stereocenters. The summed E-state index contributed by atoms with van der Waals surface area (Å²) in [6.45, 7) is 12.8. The van der Waals surface area contributed by atoms with Crippen LogP contribution in [0.2, 0.25) is 0 Å². The highest BCUT2D eigenvalue weighted by atomic mass is 16.3. The summed E-state index contributed by atoms with van der Waals surface area (Å²) in [5, 5.41) is 15.6. The van der Waals surface area contributed by atoms with Crippen molar-refractivity contribution in [3.8, 4) is 0 Å². The molecule has 116 valence electrons. The van der Waals surface area contributed by atoms with Gasteiger partial charge in [-0.2, -0.15) is 0 Å². The number of amides is 2. The predicted molar refractivity (Wildman–Crippen MR) is 81.7 cm³/mol. The molecule has 1 aliphatic heterocycles. The number of aliphatic hydroxyl groups excluding tert-OH is 1. The van der Waals surface area contributed by atoms with Crippen LogP contribution < -0.4 is 10.6 Å². The molecule has 1 unspecified atom stereocenters. The lowest BCUT2D eigenvalue weighted by atomic mass is 9.89.